The van der Waals surface area contributed by atoms with Gasteiger partial charge < -0.3 is 0 Å². The highest BCUT2D eigenvalue weighted by atomic mass is 35.5. The summed E-state index contributed by atoms with van der Waals surface area (Å²) < 4.78 is 29.1. The van der Waals surface area contributed by atoms with Gasteiger partial charge in [0.05, 0.1) is 6.20 Å². The van der Waals surface area contributed by atoms with Crippen molar-refractivity contribution in [2.24, 2.45) is 0 Å². The molecule has 3 rings (SSSR count). The fourth-order valence-corrected chi connectivity index (χ4v) is 3.92. The standard InChI is InChI=1S/C12H12ClN5O2S/c1-8(9-6-14-15-7-9)17-21(19,20)12-11(13)16-10-4-2-3-5-18(10)12/h2-8,17H,1H3,(H,14,15). The van der Waals surface area contributed by atoms with Crippen LogP contribution in [0.25, 0.3) is 5.65 Å². The number of H-pyrrole nitrogens is 1. The molecular weight excluding hydrogens is 314 g/mol. The molecule has 0 bridgehead atoms. The second kappa shape index (κ2) is 5.14. The summed E-state index contributed by atoms with van der Waals surface area (Å²) in [5.74, 6) is 0. The van der Waals surface area contributed by atoms with Gasteiger partial charge >= 0.3 is 0 Å². The third kappa shape index (κ3) is 2.53. The first-order valence-corrected chi connectivity index (χ1v) is 7.99. The molecule has 110 valence electrons. The molecule has 3 aromatic rings. The number of halogens is 1. The maximum absolute atomic E-state index is 12.5. The molecule has 0 spiro atoms. The minimum Gasteiger partial charge on any atom is -0.288 e. The highest BCUT2D eigenvalue weighted by molar-refractivity contribution is 7.89. The molecule has 0 fully saturated rings. The van der Waals surface area contributed by atoms with E-state index in [4.69, 9.17) is 11.6 Å². The molecule has 1 atom stereocenters. The number of aromatic amines is 1. The molecule has 7 nitrogen and oxygen atoms in total. The van der Waals surface area contributed by atoms with E-state index in [0.717, 1.165) is 5.56 Å². The van der Waals surface area contributed by atoms with Gasteiger partial charge in [0.25, 0.3) is 10.0 Å². The van der Waals surface area contributed by atoms with Gasteiger partial charge in [-0.1, -0.05) is 17.7 Å². The van der Waals surface area contributed by atoms with Crippen LogP contribution in [0.2, 0.25) is 5.15 Å². The molecule has 0 saturated heterocycles. The molecule has 2 N–H and O–H groups in total. The van der Waals surface area contributed by atoms with Crippen molar-refractivity contribution in [1.29, 1.82) is 0 Å². The van der Waals surface area contributed by atoms with Gasteiger partial charge in [0, 0.05) is 24.0 Å². The van der Waals surface area contributed by atoms with E-state index in [1.807, 2.05) is 0 Å². The maximum atomic E-state index is 12.5. The molecule has 0 aliphatic heterocycles. The lowest BCUT2D eigenvalue weighted by Gasteiger charge is -2.12. The topological polar surface area (TPSA) is 92.2 Å². The van der Waals surface area contributed by atoms with Gasteiger partial charge in [-0.15, -0.1) is 0 Å². The first kappa shape index (κ1) is 14.1. The largest absolute Gasteiger partial charge is 0.288 e. The summed E-state index contributed by atoms with van der Waals surface area (Å²) >= 11 is 5.99. The monoisotopic (exact) mass is 325 g/mol. The van der Waals surface area contributed by atoms with E-state index in [1.54, 1.807) is 43.7 Å². The van der Waals surface area contributed by atoms with Crippen LogP contribution in [0.3, 0.4) is 0 Å². The molecule has 1 unspecified atom stereocenters. The number of hydrogen-bond acceptors (Lipinski definition) is 4. The zero-order valence-corrected chi connectivity index (χ0v) is 12.6. The lowest BCUT2D eigenvalue weighted by molar-refractivity contribution is 0.562. The molecule has 0 radical (unpaired) electrons. The Morgan fingerprint density at radius 2 is 2.24 bits per heavy atom. The number of imidazole rings is 1. The number of nitrogens with one attached hydrogen (secondary N) is 2. The van der Waals surface area contributed by atoms with Crippen LogP contribution in [-0.2, 0) is 10.0 Å². The van der Waals surface area contributed by atoms with Crippen molar-refractivity contribution in [3.05, 3.63) is 47.5 Å². The van der Waals surface area contributed by atoms with Crippen molar-refractivity contribution < 1.29 is 8.42 Å². The number of nitrogens with zero attached hydrogens (tertiary/aromatic N) is 3. The third-order valence-corrected chi connectivity index (χ3v) is 4.99. The zero-order chi connectivity index (χ0) is 15.0. The smallest absolute Gasteiger partial charge is 0.260 e. The van der Waals surface area contributed by atoms with Crippen molar-refractivity contribution in [3.63, 3.8) is 0 Å². The van der Waals surface area contributed by atoms with Crippen LogP contribution < -0.4 is 4.72 Å². The molecule has 9 heteroatoms. The Balaban J connectivity index is 2.03. The van der Waals surface area contributed by atoms with Crippen LogP contribution in [0.5, 0.6) is 0 Å². The van der Waals surface area contributed by atoms with Gasteiger partial charge in [-0.2, -0.15) is 5.10 Å². The van der Waals surface area contributed by atoms with Crippen molar-refractivity contribution in [2.75, 3.05) is 0 Å². The number of pyridine rings is 1. The van der Waals surface area contributed by atoms with E-state index in [2.05, 4.69) is 19.9 Å². The van der Waals surface area contributed by atoms with Crippen molar-refractivity contribution in [3.8, 4) is 0 Å². The zero-order valence-electron chi connectivity index (χ0n) is 11.0. The van der Waals surface area contributed by atoms with E-state index >= 15 is 0 Å². The minimum absolute atomic E-state index is 0.0620. The summed E-state index contributed by atoms with van der Waals surface area (Å²) in [7, 11) is -3.82. The third-order valence-electron chi connectivity index (χ3n) is 3.05. The Bertz CT molecular complexity index is 872. The average Bonchev–Trinajstić information content (AvgIpc) is 3.04. The van der Waals surface area contributed by atoms with Gasteiger partial charge in [-0.05, 0) is 19.1 Å². The quantitative estimate of drug-likeness (QED) is 0.764. The first-order chi connectivity index (χ1) is 9.99. The summed E-state index contributed by atoms with van der Waals surface area (Å²) in [5, 5.41) is 6.31. The van der Waals surface area contributed by atoms with Crippen molar-refractivity contribution in [1.82, 2.24) is 24.3 Å². The van der Waals surface area contributed by atoms with Gasteiger partial charge in [0.1, 0.15) is 5.65 Å². The second-order valence-corrected chi connectivity index (χ2v) is 6.50. The van der Waals surface area contributed by atoms with E-state index < -0.39 is 16.1 Å². The molecule has 0 aliphatic carbocycles. The lowest BCUT2D eigenvalue weighted by Crippen LogP contribution is -2.28. The predicted octanol–water partition coefficient (Wildman–Crippen LogP) is 1.75. The summed E-state index contributed by atoms with van der Waals surface area (Å²) in [6.45, 7) is 1.72. The van der Waals surface area contributed by atoms with Gasteiger partial charge in [-0.25, -0.2) is 18.1 Å². The SMILES string of the molecule is CC(NS(=O)(=O)c1c(Cl)nc2ccccn12)c1cn[nH]c1. The van der Waals surface area contributed by atoms with Crippen LogP contribution in [0.4, 0.5) is 0 Å². The van der Waals surface area contributed by atoms with Crippen LogP contribution in [-0.4, -0.2) is 28.0 Å². The molecule has 0 amide bonds. The number of sulfonamides is 1. The van der Waals surface area contributed by atoms with Gasteiger partial charge in [0.15, 0.2) is 10.2 Å². The summed E-state index contributed by atoms with van der Waals surface area (Å²) in [6, 6.07) is 4.71. The number of fused-ring (bicyclic) bond motifs is 1. The molecular formula is C12H12ClN5O2S. The lowest BCUT2D eigenvalue weighted by atomic mass is 10.2. The van der Waals surface area contributed by atoms with Crippen molar-refractivity contribution >= 4 is 27.3 Å². The van der Waals surface area contributed by atoms with E-state index in [1.165, 1.54) is 4.40 Å². The Morgan fingerprint density at radius 3 is 2.95 bits per heavy atom. The highest BCUT2D eigenvalue weighted by Gasteiger charge is 2.26. The molecule has 0 aromatic carbocycles. The molecule has 3 aromatic heterocycles. The van der Waals surface area contributed by atoms with Gasteiger partial charge in [0.2, 0.25) is 0 Å². The maximum Gasteiger partial charge on any atom is 0.260 e. The Kier molecular flexibility index (Phi) is 3.44. The molecule has 21 heavy (non-hydrogen) atoms. The molecule has 0 aliphatic rings. The van der Waals surface area contributed by atoms with Crippen LogP contribution >= 0.6 is 11.6 Å². The second-order valence-electron chi connectivity index (χ2n) is 4.51. The van der Waals surface area contributed by atoms with Crippen molar-refractivity contribution in [2.45, 2.75) is 18.0 Å². The van der Waals surface area contributed by atoms with Crippen LogP contribution in [0, 0.1) is 0 Å². The van der Waals surface area contributed by atoms with E-state index in [-0.39, 0.29) is 10.2 Å². The number of aromatic nitrogens is 4. The number of hydrogen-bond donors (Lipinski definition) is 2. The predicted molar refractivity (Wildman–Crippen MR) is 77.5 cm³/mol. The minimum atomic E-state index is -3.82. The Morgan fingerprint density at radius 1 is 1.43 bits per heavy atom. The molecule has 3 heterocycles. The normalized spacial score (nSPS) is 13.6. The fourth-order valence-electron chi connectivity index (χ4n) is 2.04. The molecule has 0 saturated carbocycles. The summed E-state index contributed by atoms with van der Waals surface area (Å²) in [4.78, 5) is 4.04. The fraction of sp³-hybridized carbons (Fsp3) is 0.167. The van der Waals surface area contributed by atoms with E-state index in [9.17, 15) is 8.42 Å². The summed E-state index contributed by atoms with van der Waals surface area (Å²) in [5.41, 5.74) is 1.20. The van der Waals surface area contributed by atoms with Crippen LogP contribution in [0.15, 0.2) is 41.8 Å². The Hall–Kier alpha value is -1.90. The van der Waals surface area contributed by atoms with E-state index in [0.29, 0.717) is 5.65 Å². The Labute approximate surface area is 126 Å². The summed E-state index contributed by atoms with van der Waals surface area (Å²) in [6.07, 6.45) is 4.79. The van der Waals surface area contributed by atoms with Gasteiger partial charge in [-0.3, -0.25) is 9.50 Å². The highest BCUT2D eigenvalue weighted by Crippen LogP contribution is 2.24. The average molecular weight is 326 g/mol. The number of rotatable bonds is 4. The van der Waals surface area contributed by atoms with Crippen LogP contribution in [0.1, 0.15) is 18.5 Å². The first-order valence-electron chi connectivity index (χ1n) is 6.12.